The van der Waals surface area contributed by atoms with Crippen LogP contribution < -0.4 is 15.4 Å². The number of rotatable bonds is 2. The van der Waals surface area contributed by atoms with Crippen LogP contribution in [0.5, 0.6) is 5.88 Å². The lowest BCUT2D eigenvalue weighted by Gasteiger charge is -2.14. The lowest BCUT2D eigenvalue weighted by atomic mass is 10.3. The van der Waals surface area contributed by atoms with Crippen LogP contribution in [0.25, 0.3) is 0 Å². The maximum absolute atomic E-state index is 11.6. The third kappa shape index (κ3) is 1.96. The first-order valence-corrected chi connectivity index (χ1v) is 5.06. The van der Waals surface area contributed by atoms with Gasteiger partial charge in [0.15, 0.2) is 0 Å². The molecule has 6 heteroatoms. The molecular formula is C10H14N4O2. The summed E-state index contributed by atoms with van der Waals surface area (Å²) in [6, 6.07) is 1.58. The molecule has 2 rings (SSSR count). The summed E-state index contributed by atoms with van der Waals surface area (Å²) in [6.07, 6.45) is 0.347. The van der Waals surface area contributed by atoms with Crippen molar-refractivity contribution in [2.24, 2.45) is 5.73 Å². The number of hydrogen-bond donors (Lipinski definition) is 1. The zero-order valence-electron chi connectivity index (χ0n) is 9.30. The van der Waals surface area contributed by atoms with Crippen LogP contribution in [0, 0.1) is 6.92 Å². The molecule has 1 unspecified atom stereocenters. The summed E-state index contributed by atoms with van der Waals surface area (Å²) in [7, 11) is 1.53. The summed E-state index contributed by atoms with van der Waals surface area (Å²) >= 11 is 0. The molecular weight excluding hydrogens is 208 g/mol. The minimum absolute atomic E-state index is 0.0415. The number of carbonyl (C=O) groups excluding carboxylic acids is 1. The van der Waals surface area contributed by atoms with Crippen molar-refractivity contribution >= 4 is 11.9 Å². The van der Waals surface area contributed by atoms with E-state index >= 15 is 0 Å². The van der Waals surface area contributed by atoms with Crippen LogP contribution in [0.2, 0.25) is 0 Å². The van der Waals surface area contributed by atoms with Crippen LogP contribution in [0.4, 0.5) is 5.95 Å². The molecule has 1 aromatic rings. The minimum atomic E-state index is -0.136. The molecule has 1 aliphatic rings. The van der Waals surface area contributed by atoms with Gasteiger partial charge < -0.3 is 10.5 Å². The van der Waals surface area contributed by atoms with Crippen LogP contribution >= 0.6 is 0 Å². The second-order valence-electron chi connectivity index (χ2n) is 3.82. The van der Waals surface area contributed by atoms with Gasteiger partial charge in [-0.05, 0) is 6.92 Å². The summed E-state index contributed by atoms with van der Waals surface area (Å²) in [5.74, 6) is 0.783. The van der Waals surface area contributed by atoms with Crippen LogP contribution in [0.3, 0.4) is 0 Å². The average molecular weight is 222 g/mol. The van der Waals surface area contributed by atoms with E-state index in [0.29, 0.717) is 24.8 Å². The minimum Gasteiger partial charge on any atom is -0.481 e. The molecule has 1 amide bonds. The van der Waals surface area contributed by atoms with E-state index in [2.05, 4.69) is 9.97 Å². The highest BCUT2D eigenvalue weighted by atomic mass is 16.5. The van der Waals surface area contributed by atoms with E-state index in [1.54, 1.807) is 6.07 Å². The maximum atomic E-state index is 11.6. The molecule has 0 bridgehead atoms. The SMILES string of the molecule is COc1cc(C)nc(N2CC(N)CC2=O)n1. The Morgan fingerprint density at radius 3 is 2.88 bits per heavy atom. The number of carbonyl (C=O) groups is 1. The molecule has 2 heterocycles. The number of nitrogens with two attached hydrogens (primary N) is 1. The molecule has 6 nitrogen and oxygen atoms in total. The molecule has 1 aromatic heterocycles. The molecule has 1 atom stereocenters. The standard InChI is InChI=1S/C10H14N4O2/c1-6-3-8(16-2)13-10(12-6)14-5-7(11)4-9(14)15/h3,7H,4-5,11H2,1-2H3. The first-order chi connectivity index (χ1) is 7.60. The molecule has 1 fully saturated rings. The lowest BCUT2D eigenvalue weighted by Crippen LogP contribution is -2.29. The molecule has 2 N–H and O–H groups in total. The summed E-state index contributed by atoms with van der Waals surface area (Å²) < 4.78 is 5.04. The number of aryl methyl sites for hydroxylation is 1. The topological polar surface area (TPSA) is 81.3 Å². The van der Waals surface area contributed by atoms with E-state index in [1.807, 2.05) is 6.92 Å². The van der Waals surface area contributed by atoms with E-state index in [-0.39, 0.29) is 11.9 Å². The molecule has 16 heavy (non-hydrogen) atoms. The third-order valence-corrected chi connectivity index (χ3v) is 2.42. The maximum Gasteiger partial charge on any atom is 0.235 e. The quantitative estimate of drug-likeness (QED) is 0.753. The van der Waals surface area contributed by atoms with Gasteiger partial charge in [-0.1, -0.05) is 0 Å². The van der Waals surface area contributed by atoms with Gasteiger partial charge in [0.05, 0.1) is 7.11 Å². The van der Waals surface area contributed by atoms with Crippen LogP contribution in [-0.4, -0.2) is 35.6 Å². The van der Waals surface area contributed by atoms with Crippen LogP contribution in [0.15, 0.2) is 6.07 Å². The van der Waals surface area contributed by atoms with Crippen molar-refractivity contribution in [3.63, 3.8) is 0 Å². The first-order valence-electron chi connectivity index (χ1n) is 5.06. The second kappa shape index (κ2) is 4.05. The van der Waals surface area contributed by atoms with Gasteiger partial charge in [0.25, 0.3) is 0 Å². The van der Waals surface area contributed by atoms with E-state index in [1.165, 1.54) is 12.0 Å². The van der Waals surface area contributed by atoms with Crippen molar-refractivity contribution in [3.8, 4) is 5.88 Å². The Hall–Kier alpha value is -1.69. The van der Waals surface area contributed by atoms with Gasteiger partial charge in [-0.15, -0.1) is 0 Å². The highest BCUT2D eigenvalue weighted by molar-refractivity contribution is 5.94. The normalized spacial score (nSPS) is 20.3. The fourth-order valence-electron chi connectivity index (χ4n) is 1.68. The third-order valence-electron chi connectivity index (χ3n) is 2.42. The van der Waals surface area contributed by atoms with E-state index in [4.69, 9.17) is 10.5 Å². The second-order valence-corrected chi connectivity index (χ2v) is 3.82. The number of nitrogens with zero attached hydrogens (tertiary/aromatic N) is 3. The number of anilines is 1. The Morgan fingerprint density at radius 2 is 2.31 bits per heavy atom. The Balaban J connectivity index is 2.33. The van der Waals surface area contributed by atoms with Gasteiger partial charge in [-0.25, -0.2) is 4.98 Å². The first kappa shape index (κ1) is 10.8. The van der Waals surface area contributed by atoms with Gasteiger partial charge in [0.1, 0.15) is 0 Å². The molecule has 0 aromatic carbocycles. The molecule has 86 valence electrons. The Kier molecular flexibility index (Phi) is 2.74. The summed E-state index contributed by atoms with van der Waals surface area (Å²) in [6.45, 7) is 2.29. The van der Waals surface area contributed by atoms with Crippen molar-refractivity contribution in [1.29, 1.82) is 0 Å². The largest absolute Gasteiger partial charge is 0.481 e. The fourth-order valence-corrected chi connectivity index (χ4v) is 1.68. The van der Waals surface area contributed by atoms with Gasteiger partial charge in [-0.2, -0.15) is 4.98 Å². The lowest BCUT2D eigenvalue weighted by molar-refractivity contribution is -0.117. The molecule has 0 spiro atoms. The number of methoxy groups -OCH3 is 1. The summed E-state index contributed by atoms with van der Waals surface area (Å²) in [5.41, 5.74) is 6.47. The Labute approximate surface area is 93.4 Å². The van der Waals surface area contributed by atoms with Crippen molar-refractivity contribution < 1.29 is 9.53 Å². The smallest absolute Gasteiger partial charge is 0.235 e. The number of amides is 1. The molecule has 1 saturated heterocycles. The van der Waals surface area contributed by atoms with Crippen molar-refractivity contribution in [2.75, 3.05) is 18.6 Å². The highest BCUT2D eigenvalue weighted by Crippen LogP contribution is 2.19. The average Bonchev–Trinajstić information content (AvgIpc) is 2.57. The molecule has 1 aliphatic heterocycles. The van der Waals surface area contributed by atoms with E-state index < -0.39 is 0 Å². The molecule has 0 radical (unpaired) electrons. The van der Waals surface area contributed by atoms with Gasteiger partial charge in [0, 0.05) is 30.8 Å². The zero-order valence-corrected chi connectivity index (χ0v) is 9.30. The van der Waals surface area contributed by atoms with Gasteiger partial charge >= 0.3 is 0 Å². The monoisotopic (exact) mass is 222 g/mol. The summed E-state index contributed by atoms with van der Waals surface area (Å²) in [5, 5.41) is 0. The fraction of sp³-hybridized carbons (Fsp3) is 0.500. The number of ether oxygens (including phenoxy) is 1. The Morgan fingerprint density at radius 1 is 1.56 bits per heavy atom. The van der Waals surface area contributed by atoms with Crippen molar-refractivity contribution in [3.05, 3.63) is 11.8 Å². The van der Waals surface area contributed by atoms with Crippen LogP contribution in [0.1, 0.15) is 12.1 Å². The summed E-state index contributed by atoms with van der Waals surface area (Å²) in [4.78, 5) is 21.5. The number of aromatic nitrogens is 2. The van der Waals surface area contributed by atoms with Crippen LogP contribution in [-0.2, 0) is 4.79 Å². The Bertz CT molecular complexity index is 421. The molecule has 0 saturated carbocycles. The predicted molar refractivity (Wildman–Crippen MR) is 58.3 cm³/mol. The highest BCUT2D eigenvalue weighted by Gasteiger charge is 2.30. The number of hydrogen-bond acceptors (Lipinski definition) is 5. The van der Waals surface area contributed by atoms with Crippen molar-refractivity contribution in [2.45, 2.75) is 19.4 Å². The zero-order chi connectivity index (χ0) is 11.7. The van der Waals surface area contributed by atoms with E-state index in [9.17, 15) is 4.79 Å². The van der Waals surface area contributed by atoms with Gasteiger partial charge in [-0.3, -0.25) is 9.69 Å². The predicted octanol–water partition coefficient (Wildman–Crippen LogP) is -0.142. The van der Waals surface area contributed by atoms with E-state index in [0.717, 1.165) is 5.69 Å². The molecule has 0 aliphatic carbocycles. The van der Waals surface area contributed by atoms with Gasteiger partial charge in [0.2, 0.25) is 17.7 Å². The van der Waals surface area contributed by atoms with Crippen molar-refractivity contribution in [1.82, 2.24) is 9.97 Å².